The molecule has 0 radical (unpaired) electrons. The summed E-state index contributed by atoms with van der Waals surface area (Å²) in [5.41, 5.74) is 0. The highest BCUT2D eigenvalue weighted by atomic mass is 31.2. The maximum atomic E-state index is 12.8. The lowest BCUT2D eigenvalue weighted by atomic mass is 10.0. The predicted molar refractivity (Wildman–Crippen MR) is 316 cm³/mol. The second-order valence-corrected chi connectivity index (χ2v) is 23.5. The fourth-order valence-corrected chi connectivity index (χ4v) is 9.45. The van der Waals surface area contributed by atoms with Crippen LogP contribution in [0.1, 0.15) is 284 Å². The Morgan fingerprint density at radius 1 is 0.419 bits per heavy atom. The van der Waals surface area contributed by atoms with Crippen molar-refractivity contribution in [2.45, 2.75) is 290 Å². The normalized spacial score (nSPS) is 13.6. The molecular weight excluding hydrogens is 942 g/mol. The summed E-state index contributed by atoms with van der Waals surface area (Å²) in [6.07, 6.45) is 71.8. The smallest absolute Gasteiger partial charge is 0.462 e. The number of quaternary nitrogens is 1. The summed E-state index contributed by atoms with van der Waals surface area (Å²) in [6, 6.07) is 0. The van der Waals surface area contributed by atoms with E-state index in [9.17, 15) is 19.0 Å². The molecule has 432 valence electrons. The minimum Gasteiger partial charge on any atom is -0.462 e. The Bertz CT molecular complexity index is 1430. The van der Waals surface area contributed by atoms with E-state index in [0.717, 1.165) is 77.0 Å². The monoisotopic (exact) mass is 1060 g/mol. The number of carbonyl (C=O) groups excluding carboxylic acids is 2. The molecule has 0 aliphatic rings. The Hall–Kier alpha value is -2.29. The van der Waals surface area contributed by atoms with Gasteiger partial charge >= 0.3 is 19.8 Å². The van der Waals surface area contributed by atoms with Crippen LogP contribution in [0.3, 0.4) is 0 Å². The summed E-state index contributed by atoms with van der Waals surface area (Å²) in [6.45, 7) is 4.36. The molecule has 2 atom stereocenters. The summed E-state index contributed by atoms with van der Waals surface area (Å²) in [5.74, 6) is -0.806. The molecule has 0 spiro atoms. The number of phosphoric ester groups is 1. The number of rotatable bonds is 57. The third-order valence-corrected chi connectivity index (χ3v) is 14.5. The third-order valence-electron chi connectivity index (χ3n) is 13.5. The Labute approximate surface area is 457 Å². The predicted octanol–water partition coefficient (Wildman–Crippen LogP) is 19.5. The summed E-state index contributed by atoms with van der Waals surface area (Å²) in [5, 5.41) is 0. The molecule has 0 aliphatic heterocycles. The van der Waals surface area contributed by atoms with Crippen LogP contribution in [0.2, 0.25) is 0 Å². The molecular formula is C64H119NO8P+. The number of likely N-dealkylation sites (N-methyl/N-ethyl adjacent to an activating group) is 1. The van der Waals surface area contributed by atoms with Crippen LogP contribution in [0.15, 0.2) is 60.8 Å². The quantitative estimate of drug-likeness (QED) is 0.0211. The van der Waals surface area contributed by atoms with E-state index in [1.807, 2.05) is 21.1 Å². The molecule has 74 heavy (non-hydrogen) atoms. The minimum atomic E-state index is -4.39. The van der Waals surface area contributed by atoms with Crippen LogP contribution in [0.25, 0.3) is 0 Å². The highest BCUT2D eigenvalue weighted by Gasteiger charge is 2.27. The molecule has 0 rings (SSSR count). The van der Waals surface area contributed by atoms with Crippen LogP contribution >= 0.6 is 7.82 Å². The number of esters is 2. The van der Waals surface area contributed by atoms with E-state index in [-0.39, 0.29) is 32.0 Å². The Morgan fingerprint density at radius 3 is 1.14 bits per heavy atom. The SMILES string of the molecule is CCC/C=C\C/C=C\CCCCCCCC(=O)OCC(COP(=O)(O)OCC[N+](C)(C)C)OC(=O)CCCCCCCCCCCCCCCCCCCCCCCC/C=C\C/C=C\C/C=C\CCCCCCC. The van der Waals surface area contributed by atoms with Crippen LogP contribution in [-0.4, -0.2) is 74.9 Å². The average Bonchev–Trinajstić information content (AvgIpc) is 3.36. The van der Waals surface area contributed by atoms with Crippen molar-refractivity contribution in [3.63, 3.8) is 0 Å². The van der Waals surface area contributed by atoms with E-state index < -0.39 is 26.5 Å². The average molecular weight is 1060 g/mol. The van der Waals surface area contributed by atoms with Crippen molar-refractivity contribution in [2.75, 3.05) is 47.5 Å². The molecule has 2 unspecified atom stereocenters. The van der Waals surface area contributed by atoms with Crippen molar-refractivity contribution in [3.8, 4) is 0 Å². The Balaban J connectivity index is 3.93. The van der Waals surface area contributed by atoms with Gasteiger partial charge < -0.3 is 18.9 Å². The molecule has 10 heteroatoms. The summed E-state index contributed by atoms with van der Waals surface area (Å²) >= 11 is 0. The first-order valence-corrected chi connectivity index (χ1v) is 32.5. The zero-order valence-electron chi connectivity index (χ0n) is 49.1. The van der Waals surface area contributed by atoms with Gasteiger partial charge in [-0.25, -0.2) is 4.57 Å². The van der Waals surface area contributed by atoms with Crippen molar-refractivity contribution in [1.82, 2.24) is 0 Å². The van der Waals surface area contributed by atoms with Gasteiger partial charge in [0.2, 0.25) is 0 Å². The number of unbranched alkanes of at least 4 members (excludes halogenated alkanes) is 33. The number of ether oxygens (including phenoxy) is 2. The molecule has 0 aromatic carbocycles. The van der Waals surface area contributed by atoms with Gasteiger partial charge in [0.1, 0.15) is 19.8 Å². The zero-order valence-corrected chi connectivity index (χ0v) is 50.0. The zero-order chi connectivity index (χ0) is 54.2. The lowest BCUT2D eigenvalue weighted by Crippen LogP contribution is -2.37. The second kappa shape index (κ2) is 55.5. The number of nitrogens with zero attached hydrogens (tertiary/aromatic N) is 1. The van der Waals surface area contributed by atoms with E-state index in [2.05, 4.69) is 74.6 Å². The third kappa shape index (κ3) is 59.0. The number of phosphoric acid groups is 1. The Morgan fingerprint density at radius 2 is 0.757 bits per heavy atom. The number of hydrogen-bond acceptors (Lipinski definition) is 7. The molecule has 0 heterocycles. The van der Waals surface area contributed by atoms with Gasteiger partial charge in [-0.2, -0.15) is 0 Å². The molecule has 0 saturated heterocycles. The van der Waals surface area contributed by atoms with Gasteiger partial charge in [-0.05, 0) is 77.0 Å². The molecule has 0 saturated carbocycles. The van der Waals surface area contributed by atoms with Gasteiger partial charge in [-0.1, -0.05) is 254 Å². The van der Waals surface area contributed by atoms with Crippen molar-refractivity contribution in [2.24, 2.45) is 0 Å². The van der Waals surface area contributed by atoms with Gasteiger partial charge in [-0.15, -0.1) is 0 Å². The Kier molecular flexibility index (Phi) is 53.7. The van der Waals surface area contributed by atoms with Gasteiger partial charge in [0.05, 0.1) is 27.7 Å². The van der Waals surface area contributed by atoms with Crippen molar-refractivity contribution in [1.29, 1.82) is 0 Å². The summed E-state index contributed by atoms with van der Waals surface area (Å²) < 4.78 is 34.5. The maximum Gasteiger partial charge on any atom is 0.472 e. The minimum absolute atomic E-state index is 0.0294. The fourth-order valence-electron chi connectivity index (χ4n) is 8.71. The second-order valence-electron chi connectivity index (χ2n) is 22.1. The first-order chi connectivity index (χ1) is 36.0. The van der Waals surface area contributed by atoms with Crippen LogP contribution in [0.5, 0.6) is 0 Å². The van der Waals surface area contributed by atoms with Crippen LogP contribution in [0, 0.1) is 0 Å². The molecule has 9 nitrogen and oxygen atoms in total. The maximum absolute atomic E-state index is 12.8. The standard InChI is InChI=1S/C64H118NO8P/c1-6-8-10-12-14-16-18-20-21-22-23-24-25-26-27-28-29-30-31-32-33-34-35-36-37-38-39-40-41-42-43-45-47-49-51-53-55-57-64(67)73-62(61-72-74(68,69)71-59-58-65(3,4)5)60-70-63(66)56-54-52-50-48-46-44-19-17-15-13-11-9-7-2/h11,13,17-20,22-23,25-26,62H,6-10,12,14-16,21,24,27-61H2,1-5H3/p+1/b13-11-,19-17-,20-18-,23-22-,26-25-. The van der Waals surface area contributed by atoms with E-state index in [0.29, 0.717) is 17.4 Å². The number of carbonyl (C=O) groups is 2. The molecule has 1 N–H and O–H groups in total. The fraction of sp³-hybridized carbons (Fsp3) is 0.812. The van der Waals surface area contributed by atoms with Gasteiger partial charge in [0.25, 0.3) is 0 Å². The highest BCUT2D eigenvalue weighted by Crippen LogP contribution is 2.43. The highest BCUT2D eigenvalue weighted by molar-refractivity contribution is 7.47. The van der Waals surface area contributed by atoms with Crippen molar-refractivity contribution >= 4 is 19.8 Å². The van der Waals surface area contributed by atoms with Gasteiger partial charge in [0, 0.05) is 12.8 Å². The molecule has 0 aromatic heterocycles. The van der Waals surface area contributed by atoms with Crippen molar-refractivity contribution < 1.29 is 42.1 Å². The lowest BCUT2D eigenvalue weighted by Gasteiger charge is -2.24. The number of hydrogen-bond donors (Lipinski definition) is 1. The largest absolute Gasteiger partial charge is 0.472 e. The van der Waals surface area contributed by atoms with Gasteiger partial charge in [-0.3, -0.25) is 18.6 Å². The summed E-state index contributed by atoms with van der Waals surface area (Å²) in [7, 11) is 1.47. The molecule has 0 amide bonds. The van der Waals surface area contributed by atoms with E-state index >= 15 is 0 Å². The van der Waals surface area contributed by atoms with Gasteiger partial charge in [0.15, 0.2) is 6.10 Å². The van der Waals surface area contributed by atoms with E-state index in [1.54, 1.807) is 0 Å². The van der Waals surface area contributed by atoms with E-state index in [4.69, 9.17) is 18.5 Å². The molecule has 0 bridgehead atoms. The van der Waals surface area contributed by atoms with Crippen LogP contribution < -0.4 is 0 Å². The topological polar surface area (TPSA) is 108 Å². The molecule has 0 aromatic rings. The van der Waals surface area contributed by atoms with E-state index in [1.165, 1.54) is 173 Å². The lowest BCUT2D eigenvalue weighted by molar-refractivity contribution is -0.870. The molecule has 0 fully saturated rings. The first kappa shape index (κ1) is 71.7. The van der Waals surface area contributed by atoms with Crippen molar-refractivity contribution in [3.05, 3.63) is 60.8 Å². The van der Waals surface area contributed by atoms with Crippen LogP contribution in [0.4, 0.5) is 0 Å². The first-order valence-electron chi connectivity index (χ1n) is 31.0. The number of allylic oxidation sites excluding steroid dienone is 10. The van der Waals surface area contributed by atoms with Crippen LogP contribution in [-0.2, 0) is 32.7 Å². The molecule has 0 aliphatic carbocycles. The summed E-state index contributed by atoms with van der Waals surface area (Å²) in [4.78, 5) is 35.6.